The number of aliphatic hydroxyl groups excluding tert-OH is 1. The predicted molar refractivity (Wildman–Crippen MR) is 134 cm³/mol. The third-order valence-corrected chi connectivity index (χ3v) is 6.69. The first-order valence-electron chi connectivity index (χ1n) is 12.5. The Morgan fingerprint density at radius 1 is 1.09 bits per heavy atom. The molecule has 2 aliphatic heterocycles. The van der Waals surface area contributed by atoms with Crippen molar-refractivity contribution in [3.05, 3.63) is 71.6 Å². The summed E-state index contributed by atoms with van der Waals surface area (Å²) in [7, 11) is 0. The number of benzene rings is 2. The SMILES string of the molecule is O=C(C=Cc1ccccc1OCC(O)CN1CCC(Cc2ccc(F)cc2)CC1)N1CCOCC1. The average Bonchev–Trinajstić information content (AvgIpc) is 2.89. The number of halogens is 1. The van der Waals surface area contributed by atoms with E-state index in [1.165, 1.54) is 17.7 Å². The van der Waals surface area contributed by atoms with Gasteiger partial charge in [-0.2, -0.15) is 0 Å². The number of likely N-dealkylation sites (tertiary alicyclic amines) is 1. The Labute approximate surface area is 206 Å². The number of rotatable bonds is 9. The molecule has 2 aromatic carbocycles. The van der Waals surface area contributed by atoms with Gasteiger partial charge in [-0.05, 0) is 68.1 Å². The second-order valence-corrected chi connectivity index (χ2v) is 9.35. The minimum Gasteiger partial charge on any atom is -0.490 e. The van der Waals surface area contributed by atoms with E-state index in [4.69, 9.17) is 9.47 Å². The molecular weight excluding hydrogens is 447 g/mol. The van der Waals surface area contributed by atoms with Crippen molar-refractivity contribution >= 4 is 12.0 Å². The van der Waals surface area contributed by atoms with E-state index in [0.29, 0.717) is 44.5 Å². The smallest absolute Gasteiger partial charge is 0.246 e. The van der Waals surface area contributed by atoms with Crippen molar-refractivity contribution in [1.82, 2.24) is 9.80 Å². The van der Waals surface area contributed by atoms with Gasteiger partial charge in [-0.1, -0.05) is 30.3 Å². The number of β-amino-alcohol motifs (C(OH)–C–C–N with tert-alkyl or cyclic N) is 1. The van der Waals surface area contributed by atoms with Crippen molar-refractivity contribution < 1.29 is 23.8 Å². The van der Waals surface area contributed by atoms with Gasteiger partial charge in [0.2, 0.25) is 5.91 Å². The molecule has 2 saturated heterocycles. The fourth-order valence-electron chi connectivity index (χ4n) is 4.66. The first kappa shape index (κ1) is 25.4. The number of carbonyl (C=O) groups is 1. The molecule has 188 valence electrons. The molecule has 6 nitrogen and oxygen atoms in total. The molecule has 1 N–H and O–H groups in total. The van der Waals surface area contributed by atoms with Crippen LogP contribution in [0.25, 0.3) is 6.08 Å². The Morgan fingerprint density at radius 3 is 2.54 bits per heavy atom. The van der Waals surface area contributed by atoms with Gasteiger partial charge in [0.15, 0.2) is 0 Å². The summed E-state index contributed by atoms with van der Waals surface area (Å²) in [4.78, 5) is 16.4. The van der Waals surface area contributed by atoms with Gasteiger partial charge >= 0.3 is 0 Å². The standard InChI is InChI=1S/C28H35FN2O4/c29-25-8-5-22(6-9-25)19-23-11-13-30(14-12-23)20-26(32)21-35-27-4-2-1-3-24(27)7-10-28(33)31-15-17-34-18-16-31/h1-10,23,26,32H,11-21H2. The highest BCUT2D eigenvalue weighted by Crippen LogP contribution is 2.23. The van der Waals surface area contributed by atoms with E-state index < -0.39 is 6.10 Å². The van der Waals surface area contributed by atoms with Gasteiger partial charge in [-0.15, -0.1) is 0 Å². The molecule has 2 heterocycles. The van der Waals surface area contributed by atoms with E-state index in [2.05, 4.69) is 4.90 Å². The van der Waals surface area contributed by atoms with E-state index in [0.717, 1.165) is 37.9 Å². The van der Waals surface area contributed by atoms with Crippen molar-refractivity contribution in [2.75, 3.05) is 52.5 Å². The second kappa shape index (κ2) is 12.8. The fourth-order valence-corrected chi connectivity index (χ4v) is 4.66. The molecule has 1 atom stereocenters. The van der Waals surface area contributed by atoms with Crippen molar-refractivity contribution in [2.24, 2.45) is 5.92 Å². The number of hydrogen-bond donors (Lipinski definition) is 1. The van der Waals surface area contributed by atoms with Crippen LogP contribution in [-0.2, 0) is 16.0 Å². The molecule has 2 aromatic rings. The van der Waals surface area contributed by atoms with E-state index in [1.807, 2.05) is 36.4 Å². The van der Waals surface area contributed by atoms with Gasteiger partial charge in [0.1, 0.15) is 24.3 Å². The van der Waals surface area contributed by atoms with Crippen LogP contribution in [0.1, 0.15) is 24.0 Å². The first-order valence-corrected chi connectivity index (χ1v) is 12.5. The van der Waals surface area contributed by atoms with E-state index >= 15 is 0 Å². The fraction of sp³-hybridized carbons (Fsp3) is 0.464. The largest absolute Gasteiger partial charge is 0.490 e. The number of nitrogens with zero attached hydrogens (tertiary/aromatic N) is 2. The number of para-hydroxylation sites is 1. The number of aliphatic hydroxyl groups is 1. The minimum absolute atomic E-state index is 0.0361. The summed E-state index contributed by atoms with van der Waals surface area (Å²) in [5.41, 5.74) is 1.99. The Kier molecular flexibility index (Phi) is 9.28. The minimum atomic E-state index is -0.601. The molecule has 4 rings (SSSR count). The van der Waals surface area contributed by atoms with Gasteiger partial charge in [-0.25, -0.2) is 4.39 Å². The van der Waals surface area contributed by atoms with Crippen LogP contribution >= 0.6 is 0 Å². The highest BCUT2D eigenvalue weighted by molar-refractivity contribution is 5.92. The summed E-state index contributed by atoms with van der Waals surface area (Å²) in [5.74, 6) is 1.00. The molecule has 1 amide bonds. The van der Waals surface area contributed by atoms with Gasteiger partial charge in [0.25, 0.3) is 0 Å². The Bertz CT molecular complexity index is 967. The molecule has 35 heavy (non-hydrogen) atoms. The zero-order valence-electron chi connectivity index (χ0n) is 20.2. The highest BCUT2D eigenvalue weighted by atomic mass is 19.1. The maximum absolute atomic E-state index is 13.1. The normalized spacial score (nSPS) is 18.6. The van der Waals surface area contributed by atoms with Crippen LogP contribution in [0.2, 0.25) is 0 Å². The zero-order chi connectivity index (χ0) is 24.5. The zero-order valence-corrected chi connectivity index (χ0v) is 20.2. The Morgan fingerprint density at radius 2 is 1.80 bits per heavy atom. The van der Waals surface area contributed by atoms with Crippen LogP contribution < -0.4 is 4.74 Å². The van der Waals surface area contributed by atoms with E-state index in [1.54, 1.807) is 17.1 Å². The van der Waals surface area contributed by atoms with Crippen molar-refractivity contribution in [2.45, 2.75) is 25.4 Å². The van der Waals surface area contributed by atoms with Crippen molar-refractivity contribution in [1.29, 1.82) is 0 Å². The molecule has 0 aliphatic carbocycles. The number of ether oxygens (including phenoxy) is 2. The number of amides is 1. The van der Waals surface area contributed by atoms with Crippen LogP contribution in [0.3, 0.4) is 0 Å². The van der Waals surface area contributed by atoms with Gasteiger partial charge < -0.3 is 24.4 Å². The van der Waals surface area contributed by atoms with Gasteiger partial charge in [-0.3, -0.25) is 4.79 Å². The molecule has 0 aromatic heterocycles. The summed E-state index contributed by atoms with van der Waals surface area (Å²) < 4.78 is 24.3. The quantitative estimate of drug-likeness (QED) is 0.555. The predicted octanol–water partition coefficient (Wildman–Crippen LogP) is 3.39. The van der Waals surface area contributed by atoms with E-state index in [-0.39, 0.29) is 18.3 Å². The molecule has 2 aliphatic rings. The number of morpholine rings is 1. The van der Waals surface area contributed by atoms with Gasteiger partial charge in [0.05, 0.1) is 13.2 Å². The molecular formula is C28H35FN2O4. The molecule has 0 saturated carbocycles. The molecule has 1 unspecified atom stereocenters. The molecule has 0 radical (unpaired) electrons. The molecule has 2 fully saturated rings. The number of hydrogen-bond acceptors (Lipinski definition) is 5. The third-order valence-electron chi connectivity index (χ3n) is 6.69. The maximum Gasteiger partial charge on any atom is 0.246 e. The second-order valence-electron chi connectivity index (χ2n) is 9.35. The number of carbonyl (C=O) groups excluding carboxylic acids is 1. The maximum atomic E-state index is 13.1. The molecule has 0 bridgehead atoms. The molecule has 7 heteroatoms. The van der Waals surface area contributed by atoms with Crippen molar-refractivity contribution in [3.8, 4) is 5.75 Å². The first-order chi connectivity index (χ1) is 17.1. The monoisotopic (exact) mass is 482 g/mol. The summed E-state index contributed by atoms with van der Waals surface area (Å²) >= 11 is 0. The average molecular weight is 483 g/mol. The van der Waals surface area contributed by atoms with Crippen LogP contribution in [0.5, 0.6) is 5.75 Å². The molecule has 0 spiro atoms. The summed E-state index contributed by atoms with van der Waals surface area (Å²) in [6, 6.07) is 14.3. The lowest BCUT2D eigenvalue weighted by Gasteiger charge is -2.33. The highest BCUT2D eigenvalue weighted by Gasteiger charge is 2.22. The Hall–Kier alpha value is -2.74. The summed E-state index contributed by atoms with van der Waals surface area (Å²) in [6.07, 6.45) is 5.84. The lowest BCUT2D eigenvalue weighted by Crippen LogP contribution is -2.41. The lowest BCUT2D eigenvalue weighted by molar-refractivity contribution is -0.129. The topological polar surface area (TPSA) is 62.2 Å². The van der Waals surface area contributed by atoms with Crippen LogP contribution in [0.4, 0.5) is 4.39 Å². The van der Waals surface area contributed by atoms with Gasteiger partial charge in [0, 0.05) is 31.3 Å². The summed E-state index contributed by atoms with van der Waals surface area (Å²) in [6.45, 7) is 4.99. The van der Waals surface area contributed by atoms with Crippen LogP contribution in [0.15, 0.2) is 54.6 Å². The van der Waals surface area contributed by atoms with E-state index in [9.17, 15) is 14.3 Å². The Balaban J connectivity index is 1.20. The van der Waals surface area contributed by atoms with Crippen LogP contribution in [0, 0.1) is 11.7 Å². The van der Waals surface area contributed by atoms with Crippen LogP contribution in [-0.4, -0.2) is 79.5 Å². The third kappa shape index (κ3) is 7.88. The lowest BCUT2D eigenvalue weighted by atomic mass is 9.90. The number of piperidine rings is 1. The summed E-state index contributed by atoms with van der Waals surface area (Å²) in [5, 5.41) is 10.6. The van der Waals surface area contributed by atoms with Crippen molar-refractivity contribution in [3.63, 3.8) is 0 Å².